The molecule has 0 spiro atoms. The minimum absolute atomic E-state index is 0.520. The SMILES string of the molecule is CC(CCl)CCc1cc(Cl)ccc1Cl. The Hall–Kier alpha value is 0.0900. The van der Waals surface area contributed by atoms with Gasteiger partial charge in [0.15, 0.2) is 0 Å². The molecule has 0 saturated heterocycles. The Kier molecular flexibility index (Phi) is 5.08. The van der Waals surface area contributed by atoms with Crippen molar-refractivity contribution in [2.75, 3.05) is 5.88 Å². The second kappa shape index (κ2) is 5.85. The maximum absolute atomic E-state index is 6.03. The summed E-state index contributed by atoms with van der Waals surface area (Å²) in [5.41, 5.74) is 1.11. The van der Waals surface area contributed by atoms with Crippen molar-refractivity contribution in [3.63, 3.8) is 0 Å². The fraction of sp³-hybridized carbons (Fsp3) is 0.455. The van der Waals surface area contributed by atoms with Gasteiger partial charge in [-0.3, -0.25) is 0 Å². The van der Waals surface area contributed by atoms with E-state index in [1.54, 1.807) is 6.07 Å². The average Bonchev–Trinajstić information content (AvgIpc) is 2.19. The molecule has 1 atom stereocenters. The van der Waals surface area contributed by atoms with Gasteiger partial charge < -0.3 is 0 Å². The Balaban J connectivity index is 2.62. The molecular weight excluding hydrogens is 238 g/mol. The number of hydrogen-bond donors (Lipinski definition) is 0. The van der Waals surface area contributed by atoms with Crippen LogP contribution in [0.25, 0.3) is 0 Å². The Morgan fingerprint density at radius 3 is 2.64 bits per heavy atom. The van der Waals surface area contributed by atoms with Crippen molar-refractivity contribution in [3.05, 3.63) is 33.8 Å². The molecule has 0 aliphatic carbocycles. The van der Waals surface area contributed by atoms with Crippen molar-refractivity contribution in [2.24, 2.45) is 5.92 Å². The molecule has 78 valence electrons. The van der Waals surface area contributed by atoms with E-state index in [1.165, 1.54) is 0 Å². The lowest BCUT2D eigenvalue weighted by Crippen LogP contribution is -1.98. The maximum Gasteiger partial charge on any atom is 0.0439 e. The summed E-state index contributed by atoms with van der Waals surface area (Å²) in [6, 6.07) is 5.56. The third-order valence-electron chi connectivity index (χ3n) is 2.18. The first kappa shape index (κ1) is 12.2. The summed E-state index contributed by atoms with van der Waals surface area (Å²) in [5, 5.41) is 1.53. The van der Waals surface area contributed by atoms with Gasteiger partial charge in [0.2, 0.25) is 0 Å². The number of benzene rings is 1. The van der Waals surface area contributed by atoms with Crippen LogP contribution in [-0.4, -0.2) is 5.88 Å². The van der Waals surface area contributed by atoms with Gasteiger partial charge in [-0.25, -0.2) is 0 Å². The van der Waals surface area contributed by atoms with Crippen LogP contribution in [0.3, 0.4) is 0 Å². The smallest absolute Gasteiger partial charge is 0.0439 e. The monoisotopic (exact) mass is 250 g/mol. The molecule has 1 aromatic rings. The Bertz CT molecular complexity index is 297. The van der Waals surface area contributed by atoms with Crippen molar-refractivity contribution in [3.8, 4) is 0 Å². The van der Waals surface area contributed by atoms with Gasteiger partial charge in [-0.05, 0) is 42.5 Å². The van der Waals surface area contributed by atoms with Crippen molar-refractivity contribution >= 4 is 34.8 Å². The van der Waals surface area contributed by atoms with Gasteiger partial charge in [0.1, 0.15) is 0 Å². The lowest BCUT2D eigenvalue weighted by atomic mass is 10.0. The fourth-order valence-electron chi connectivity index (χ4n) is 1.21. The second-order valence-electron chi connectivity index (χ2n) is 3.53. The maximum atomic E-state index is 6.03. The molecule has 1 unspecified atom stereocenters. The summed E-state index contributed by atoms with van der Waals surface area (Å²) in [5.74, 6) is 1.21. The molecule has 1 rings (SSSR count). The van der Waals surface area contributed by atoms with E-state index in [9.17, 15) is 0 Å². The number of aryl methyl sites for hydroxylation is 1. The molecule has 0 radical (unpaired) electrons. The highest BCUT2D eigenvalue weighted by atomic mass is 35.5. The van der Waals surface area contributed by atoms with Crippen LogP contribution in [0.1, 0.15) is 18.9 Å². The van der Waals surface area contributed by atoms with Gasteiger partial charge >= 0.3 is 0 Å². The van der Waals surface area contributed by atoms with Crippen LogP contribution in [0.4, 0.5) is 0 Å². The van der Waals surface area contributed by atoms with E-state index in [-0.39, 0.29) is 0 Å². The topological polar surface area (TPSA) is 0 Å². The minimum Gasteiger partial charge on any atom is -0.126 e. The highest BCUT2D eigenvalue weighted by molar-refractivity contribution is 6.33. The van der Waals surface area contributed by atoms with Crippen LogP contribution in [0.5, 0.6) is 0 Å². The van der Waals surface area contributed by atoms with Gasteiger partial charge in [-0.15, -0.1) is 11.6 Å². The van der Waals surface area contributed by atoms with Crippen LogP contribution in [0.2, 0.25) is 10.0 Å². The molecule has 14 heavy (non-hydrogen) atoms. The first-order valence-electron chi connectivity index (χ1n) is 4.63. The minimum atomic E-state index is 0.520. The van der Waals surface area contributed by atoms with Gasteiger partial charge in [-0.1, -0.05) is 30.1 Å². The zero-order valence-corrected chi connectivity index (χ0v) is 10.3. The molecule has 0 saturated carbocycles. The third kappa shape index (κ3) is 3.68. The lowest BCUT2D eigenvalue weighted by Gasteiger charge is -2.08. The van der Waals surface area contributed by atoms with E-state index in [0.29, 0.717) is 11.8 Å². The molecule has 3 heteroatoms. The predicted octanol–water partition coefficient (Wildman–Crippen LogP) is 4.80. The number of halogens is 3. The van der Waals surface area contributed by atoms with Crippen LogP contribution in [0, 0.1) is 5.92 Å². The molecule has 1 aromatic carbocycles. The molecule has 0 aliphatic rings. The van der Waals surface area contributed by atoms with E-state index in [2.05, 4.69) is 6.92 Å². The molecule has 0 aromatic heterocycles. The largest absolute Gasteiger partial charge is 0.126 e. The van der Waals surface area contributed by atoms with Crippen LogP contribution < -0.4 is 0 Å². The summed E-state index contributed by atoms with van der Waals surface area (Å²) >= 11 is 17.6. The lowest BCUT2D eigenvalue weighted by molar-refractivity contribution is 0.593. The van der Waals surface area contributed by atoms with Crippen molar-refractivity contribution in [1.82, 2.24) is 0 Å². The average molecular weight is 252 g/mol. The van der Waals surface area contributed by atoms with Crippen molar-refractivity contribution < 1.29 is 0 Å². The van der Waals surface area contributed by atoms with E-state index < -0.39 is 0 Å². The van der Waals surface area contributed by atoms with Gasteiger partial charge in [0, 0.05) is 15.9 Å². The first-order chi connectivity index (χ1) is 6.63. The summed E-state index contributed by atoms with van der Waals surface area (Å²) in [6.45, 7) is 2.13. The highest BCUT2D eigenvalue weighted by Crippen LogP contribution is 2.23. The Morgan fingerprint density at radius 1 is 1.29 bits per heavy atom. The molecule has 0 bridgehead atoms. The quantitative estimate of drug-likeness (QED) is 0.674. The van der Waals surface area contributed by atoms with Gasteiger partial charge in [0.25, 0.3) is 0 Å². The van der Waals surface area contributed by atoms with Gasteiger partial charge in [0.05, 0.1) is 0 Å². The molecule has 0 aliphatic heterocycles. The third-order valence-corrected chi connectivity index (χ3v) is 3.31. The normalized spacial score (nSPS) is 12.9. The summed E-state index contributed by atoms with van der Waals surface area (Å²) in [7, 11) is 0. The standard InChI is InChI=1S/C11H13Cl3/c1-8(7-12)2-3-9-6-10(13)4-5-11(9)14/h4-6,8H,2-3,7H2,1H3. The predicted molar refractivity (Wildman–Crippen MR) is 64.7 cm³/mol. The summed E-state index contributed by atoms with van der Waals surface area (Å²) < 4.78 is 0. The molecule has 0 N–H and O–H groups in total. The highest BCUT2D eigenvalue weighted by Gasteiger charge is 2.04. The summed E-state index contributed by atoms with van der Waals surface area (Å²) in [4.78, 5) is 0. The van der Waals surface area contributed by atoms with Crippen molar-refractivity contribution in [2.45, 2.75) is 19.8 Å². The molecule has 0 fully saturated rings. The zero-order chi connectivity index (χ0) is 10.6. The van der Waals surface area contributed by atoms with Crippen molar-refractivity contribution in [1.29, 1.82) is 0 Å². The number of hydrogen-bond acceptors (Lipinski definition) is 0. The second-order valence-corrected chi connectivity index (χ2v) is 4.69. The van der Waals surface area contributed by atoms with E-state index in [0.717, 1.165) is 28.5 Å². The van der Waals surface area contributed by atoms with Gasteiger partial charge in [-0.2, -0.15) is 0 Å². The van der Waals surface area contributed by atoms with E-state index in [4.69, 9.17) is 34.8 Å². The Labute approximate surface area is 100 Å². The van der Waals surface area contributed by atoms with Crippen LogP contribution in [-0.2, 0) is 6.42 Å². The van der Waals surface area contributed by atoms with E-state index >= 15 is 0 Å². The molecule has 0 nitrogen and oxygen atoms in total. The van der Waals surface area contributed by atoms with E-state index in [1.807, 2.05) is 12.1 Å². The van der Waals surface area contributed by atoms with Crippen LogP contribution in [0.15, 0.2) is 18.2 Å². The zero-order valence-electron chi connectivity index (χ0n) is 8.06. The molecule has 0 heterocycles. The molecular formula is C11H13Cl3. The van der Waals surface area contributed by atoms with Crippen LogP contribution >= 0.6 is 34.8 Å². The number of rotatable bonds is 4. The fourth-order valence-corrected chi connectivity index (χ4v) is 1.77. The first-order valence-corrected chi connectivity index (χ1v) is 5.92. The summed E-state index contributed by atoms with van der Waals surface area (Å²) in [6.07, 6.45) is 1.98. The Morgan fingerprint density at radius 2 is 2.00 bits per heavy atom. The number of alkyl halides is 1. The molecule has 0 amide bonds.